The van der Waals surface area contributed by atoms with E-state index in [-0.39, 0.29) is 5.91 Å². The number of aromatic nitrogens is 1. The van der Waals surface area contributed by atoms with Gasteiger partial charge in [0.1, 0.15) is 0 Å². The first-order valence-corrected chi connectivity index (χ1v) is 9.33. The van der Waals surface area contributed by atoms with E-state index in [1.807, 2.05) is 72.3 Å². The summed E-state index contributed by atoms with van der Waals surface area (Å²) < 4.78 is 2.01. The molecule has 1 fully saturated rings. The quantitative estimate of drug-likeness (QED) is 0.545. The molecule has 3 aromatic rings. The Morgan fingerprint density at radius 2 is 2.00 bits per heavy atom. The Morgan fingerprint density at radius 1 is 1.22 bits per heavy atom. The van der Waals surface area contributed by atoms with E-state index < -0.39 is 0 Å². The van der Waals surface area contributed by atoms with Crippen LogP contribution in [-0.4, -0.2) is 15.6 Å². The minimum atomic E-state index is -0.139. The fraction of sp³-hybridized carbons (Fsp3) is 0.0909. The summed E-state index contributed by atoms with van der Waals surface area (Å²) in [6.07, 6.45) is 9.36. The zero-order chi connectivity index (χ0) is 18.8. The van der Waals surface area contributed by atoms with Crippen LogP contribution in [0, 0.1) is 19.3 Å². The molecule has 1 aliphatic heterocycles. The molecule has 0 aliphatic carbocycles. The Balaban J connectivity index is 1.67. The molecule has 2 heterocycles. The average molecular weight is 371 g/mol. The van der Waals surface area contributed by atoms with Crippen LogP contribution in [0.3, 0.4) is 0 Å². The molecular weight excluding hydrogens is 354 g/mol. The SMILES string of the molecule is C#CCn1cc(C=C2SC(=Nc3ccc(C)cc3)NC2=O)c2ccccc21. The molecule has 1 aliphatic rings. The van der Waals surface area contributed by atoms with E-state index in [2.05, 4.69) is 16.2 Å². The monoisotopic (exact) mass is 371 g/mol. The molecule has 0 atom stereocenters. The third kappa shape index (κ3) is 3.53. The summed E-state index contributed by atoms with van der Waals surface area (Å²) >= 11 is 1.34. The van der Waals surface area contributed by atoms with E-state index in [4.69, 9.17) is 6.42 Å². The number of aryl methyl sites for hydroxylation is 1. The number of thioether (sulfide) groups is 1. The Labute approximate surface area is 162 Å². The second kappa shape index (κ2) is 7.18. The van der Waals surface area contributed by atoms with Gasteiger partial charge < -0.3 is 9.88 Å². The highest BCUT2D eigenvalue weighted by atomic mass is 32.2. The van der Waals surface area contributed by atoms with Gasteiger partial charge in [-0.25, -0.2) is 4.99 Å². The molecule has 4 nitrogen and oxygen atoms in total. The average Bonchev–Trinajstić information content (AvgIpc) is 3.19. The predicted molar refractivity (Wildman–Crippen MR) is 113 cm³/mol. The number of nitrogens with zero attached hydrogens (tertiary/aromatic N) is 2. The van der Waals surface area contributed by atoms with Gasteiger partial charge in [0, 0.05) is 22.7 Å². The smallest absolute Gasteiger partial charge is 0.264 e. The first kappa shape index (κ1) is 17.2. The molecule has 27 heavy (non-hydrogen) atoms. The largest absolute Gasteiger partial charge is 0.335 e. The maximum Gasteiger partial charge on any atom is 0.264 e. The molecule has 1 amide bonds. The number of hydrogen-bond donors (Lipinski definition) is 1. The number of rotatable bonds is 3. The number of amidine groups is 1. The van der Waals surface area contributed by atoms with Gasteiger partial charge in [-0.1, -0.05) is 41.8 Å². The number of amides is 1. The van der Waals surface area contributed by atoms with Crippen LogP contribution in [0.5, 0.6) is 0 Å². The Morgan fingerprint density at radius 3 is 2.78 bits per heavy atom. The molecule has 1 N–H and O–H groups in total. The number of carbonyl (C=O) groups excluding carboxylic acids is 1. The maximum absolute atomic E-state index is 12.4. The van der Waals surface area contributed by atoms with Crippen molar-refractivity contribution >= 4 is 45.5 Å². The van der Waals surface area contributed by atoms with Crippen LogP contribution >= 0.6 is 11.8 Å². The van der Waals surface area contributed by atoms with Crippen molar-refractivity contribution in [2.75, 3.05) is 0 Å². The van der Waals surface area contributed by atoms with E-state index in [9.17, 15) is 4.79 Å². The number of aliphatic imine (C=N–C) groups is 1. The van der Waals surface area contributed by atoms with E-state index in [1.165, 1.54) is 17.3 Å². The van der Waals surface area contributed by atoms with E-state index in [1.54, 1.807) is 0 Å². The van der Waals surface area contributed by atoms with Crippen molar-refractivity contribution in [3.8, 4) is 12.3 Å². The van der Waals surface area contributed by atoms with Gasteiger partial charge in [-0.2, -0.15) is 0 Å². The third-order valence-corrected chi connectivity index (χ3v) is 5.19. The minimum Gasteiger partial charge on any atom is -0.335 e. The zero-order valence-electron chi connectivity index (χ0n) is 14.8. The standard InChI is InChI=1S/C22H17N3OS/c1-3-12-25-14-16(18-6-4-5-7-19(18)25)13-20-21(26)24-22(27-20)23-17-10-8-15(2)9-11-17/h1,4-11,13-14H,12H2,2H3,(H,23,24,26). The summed E-state index contributed by atoms with van der Waals surface area (Å²) in [6.45, 7) is 2.52. The van der Waals surface area contributed by atoms with Crippen LogP contribution in [0.1, 0.15) is 11.1 Å². The number of hydrogen-bond acceptors (Lipinski definition) is 3. The topological polar surface area (TPSA) is 46.4 Å². The van der Waals surface area contributed by atoms with E-state index >= 15 is 0 Å². The van der Waals surface area contributed by atoms with Crippen molar-refractivity contribution in [1.82, 2.24) is 9.88 Å². The lowest BCUT2D eigenvalue weighted by Gasteiger charge is -1.97. The summed E-state index contributed by atoms with van der Waals surface area (Å²) in [4.78, 5) is 17.5. The van der Waals surface area contributed by atoms with Crippen LogP contribution in [0.25, 0.3) is 17.0 Å². The number of fused-ring (bicyclic) bond motifs is 1. The van der Waals surface area contributed by atoms with Gasteiger partial charge in [-0.3, -0.25) is 4.79 Å². The Bertz CT molecular complexity index is 1130. The summed E-state index contributed by atoms with van der Waals surface area (Å²) in [5, 5.41) is 4.49. The number of carbonyl (C=O) groups is 1. The number of terminal acetylenes is 1. The molecule has 4 rings (SSSR count). The van der Waals surface area contributed by atoms with Crippen LogP contribution in [0.2, 0.25) is 0 Å². The van der Waals surface area contributed by atoms with Crippen LogP contribution in [0.15, 0.2) is 64.6 Å². The summed E-state index contributed by atoms with van der Waals surface area (Å²) in [5.74, 6) is 2.53. The first-order valence-electron chi connectivity index (χ1n) is 8.51. The normalized spacial score (nSPS) is 16.8. The Kier molecular flexibility index (Phi) is 4.57. The number of para-hydroxylation sites is 1. The highest BCUT2D eigenvalue weighted by molar-refractivity contribution is 8.18. The van der Waals surface area contributed by atoms with Crippen molar-refractivity contribution < 1.29 is 4.79 Å². The van der Waals surface area contributed by atoms with E-state index in [0.717, 1.165) is 22.2 Å². The van der Waals surface area contributed by atoms with Crippen molar-refractivity contribution in [2.24, 2.45) is 4.99 Å². The lowest BCUT2D eigenvalue weighted by atomic mass is 10.1. The van der Waals surface area contributed by atoms with Gasteiger partial charge in [0.05, 0.1) is 17.1 Å². The molecule has 0 bridgehead atoms. The molecule has 0 spiro atoms. The molecule has 2 aromatic carbocycles. The van der Waals surface area contributed by atoms with Gasteiger partial charge in [0.25, 0.3) is 5.91 Å². The van der Waals surface area contributed by atoms with Gasteiger partial charge >= 0.3 is 0 Å². The van der Waals surface area contributed by atoms with Gasteiger partial charge in [-0.05, 0) is 43.0 Å². The first-order chi connectivity index (χ1) is 13.1. The highest BCUT2D eigenvalue weighted by Gasteiger charge is 2.24. The molecule has 5 heteroatoms. The van der Waals surface area contributed by atoms with Crippen LogP contribution in [0.4, 0.5) is 5.69 Å². The van der Waals surface area contributed by atoms with Gasteiger partial charge in [0.15, 0.2) is 5.17 Å². The summed E-state index contributed by atoms with van der Waals surface area (Å²) in [6, 6.07) is 15.9. The molecule has 1 saturated heterocycles. The van der Waals surface area contributed by atoms with Crippen molar-refractivity contribution in [3.63, 3.8) is 0 Å². The van der Waals surface area contributed by atoms with Crippen LogP contribution in [-0.2, 0) is 11.3 Å². The lowest BCUT2D eigenvalue weighted by molar-refractivity contribution is -0.115. The molecule has 0 saturated carbocycles. The summed E-state index contributed by atoms with van der Waals surface area (Å²) in [7, 11) is 0. The molecule has 0 radical (unpaired) electrons. The third-order valence-electron chi connectivity index (χ3n) is 4.28. The fourth-order valence-electron chi connectivity index (χ4n) is 2.98. The molecular formula is C22H17N3OS. The maximum atomic E-state index is 12.4. The minimum absolute atomic E-state index is 0.139. The van der Waals surface area contributed by atoms with Gasteiger partial charge in [0.2, 0.25) is 0 Å². The second-order valence-electron chi connectivity index (χ2n) is 6.25. The molecule has 0 unspecified atom stereocenters. The van der Waals surface area contributed by atoms with Crippen LogP contribution < -0.4 is 5.32 Å². The second-order valence-corrected chi connectivity index (χ2v) is 7.28. The lowest BCUT2D eigenvalue weighted by Crippen LogP contribution is -2.19. The highest BCUT2D eigenvalue weighted by Crippen LogP contribution is 2.31. The van der Waals surface area contributed by atoms with Crippen molar-refractivity contribution in [1.29, 1.82) is 0 Å². The molecule has 132 valence electrons. The Hall–Kier alpha value is -3.23. The predicted octanol–water partition coefficient (Wildman–Crippen LogP) is 4.47. The molecule has 1 aromatic heterocycles. The number of nitrogens with one attached hydrogen (secondary N) is 1. The van der Waals surface area contributed by atoms with Gasteiger partial charge in [-0.15, -0.1) is 6.42 Å². The van der Waals surface area contributed by atoms with Crippen molar-refractivity contribution in [3.05, 3.63) is 70.8 Å². The van der Waals surface area contributed by atoms with Crippen molar-refractivity contribution in [2.45, 2.75) is 13.5 Å². The fourth-order valence-corrected chi connectivity index (χ4v) is 3.81. The van der Waals surface area contributed by atoms with E-state index in [0.29, 0.717) is 16.6 Å². The number of benzene rings is 2. The summed E-state index contributed by atoms with van der Waals surface area (Å²) in [5.41, 5.74) is 4.01. The zero-order valence-corrected chi connectivity index (χ0v) is 15.6.